The molecule has 112 valence electrons. The Morgan fingerprint density at radius 1 is 1.23 bits per heavy atom. The number of H-pyrrole nitrogens is 1. The van der Waals surface area contributed by atoms with Gasteiger partial charge in [-0.1, -0.05) is 24.3 Å². The molecule has 1 amide bonds. The van der Waals surface area contributed by atoms with Gasteiger partial charge >= 0.3 is 0 Å². The number of nitrogens with one attached hydrogen (secondary N) is 2. The van der Waals surface area contributed by atoms with Crippen LogP contribution in [-0.2, 0) is 0 Å². The van der Waals surface area contributed by atoms with Crippen LogP contribution in [0.25, 0.3) is 10.9 Å². The van der Waals surface area contributed by atoms with Crippen LogP contribution >= 0.6 is 11.8 Å². The van der Waals surface area contributed by atoms with Crippen molar-refractivity contribution in [3.63, 3.8) is 0 Å². The summed E-state index contributed by atoms with van der Waals surface area (Å²) in [7, 11) is 0. The number of fused-ring (bicyclic) bond motifs is 1. The molecule has 1 atom stereocenters. The quantitative estimate of drug-likeness (QED) is 0.721. The van der Waals surface area contributed by atoms with Crippen LogP contribution in [0.3, 0.4) is 0 Å². The van der Waals surface area contributed by atoms with E-state index in [1.54, 1.807) is 24.0 Å². The Morgan fingerprint density at radius 2 is 2.00 bits per heavy atom. The lowest BCUT2D eigenvalue weighted by atomic mass is 10.1. The lowest BCUT2D eigenvalue weighted by Crippen LogP contribution is -2.26. The first-order valence-electron chi connectivity index (χ1n) is 7.06. The highest BCUT2D eigenvalue weighted by atomic mass is 32.2. The molecule has 0 radical (unpaired) electrons. The number of aromatic amines is 1. The second-order valence-corrected chi connectivity index (χ2v) is 5.99. The molecular formula is C17H17N3OS. The topological polar surface area (TPSA) is 57.8 Å². The van der Waals surface area contributed by atoms with Gasteiger partial charge in [0.2, 0.25) is 0 Å². The molecular weight excluding hydrogens is 294 g/mol. The van der Waals surface area contributed by atoms with E-state index in [-0.39, 0.29) is 11.9 Å². The van der Waals surface area contributed by atoms with Crippen molar-refractivity contribution >= 4 is 28.6 Å². The largest absolute Gasteiger partial charge is 0.345 e. The third kappa shape index (κ3) is 2.85. The van der Waals surface area contributed by atoms with Crippen molar-refractivity contribution in [2.24, 2.45) is 0 Å². The summed E-state index contributed by atoms with van der Waals surface area (Å²) < 4.78 is 0. The van der Waals surface area contributed by atoms with E-state index in [1.165, 1.54) is 4.90 Å². The Balaban J connectivity index is 1.79. The van der Waals surface area contributed by atoms with Crippen LogP contribution in [0.5, 0.6) is 0 Å². The molecule has 0 saturated heterocycles. The summed E-state index contributed by atoms with van der Waals surface area (Å²) in [5.41, 5.74) is 2.47. The molecule has 0 aliphatic carbocycles. The van der Waals surface area contributed by atoms with E-state index in [1.807, 2.05) is 37.4 Å². The van der Waals surface area contributed by atoms with E-state index < -0.39 is 0 Å². The highest BCUT2D eigenvalue weighted by molar-refractivity contribution is 7.98. The first-order valence-corrected chi connectivity index (χ1v) is 8.28. The fourth-order valence-corrected chi connectivity index (χ4v) is 2.82. The van der Waals surface area contributed by atoms with E-state index in [2.05, 4.69) is 27.6 Å². The molecule has 0 aliphatic rings. The number of hydrogen-bond donors (Lipinski definition) is 2. The molecule has 4 nitrogen and oxygen atoms in total. The molecule has 3 rings (SSSR count). The average molecular weight is 311 g/mol. The molecule has 1 aromatic heterocycles. The minimum Gasteiger partial charge on any atom is -0.345 e. The number of hydrogen-bond acceptors (Lipinski definition) is 3. The summed E-state index contributed by atoms with van der Waals surface area (Å²) in [6, 6.07) is 13.8. The van der Waals surface area contributed by atoms with Crippen molar-refractivity contribution in [3.05, 3.63) is 59.8 Å². The molecule has 0 spiro atoms. The minimum absolute atomic E-state index is 0.0541. The fourth-order valence-electron chi connectivity index (χ4n) is 2.41. The van der Waals surface area contributed by atoms with Gasteiger partial charge in [0.1, 0.15) is 0 Å². The Morgan fingerprint density at radius 3 is 2.73 bits per heavy atom. The summed E-state index contributed by atoms with van der Waals surface area (Å²) in [5, 5.41) is 10.9. The number of aromatic nitrogens is 2. The van der Waals surface area contributed by atoms with E-state index in [0.29, 0.717) is 5.56 Å². The van der Waals surface area contributed by atoms with Gasteiger partial charge in [0.25, 0.3) is 5.91 Å². The number of amides is 1. The molecule has 2 aromatic carbocycles. The van der Waals surface area contributed by atoms with Crippen LogP contribution in [0, 0.1) is 0 Å². The molecule has 1 heterocycles. The number of thioether (sulfide) groups is 1. The van der Waals surface area contributed by atoms with Gasteiger partial charge in [-0.25, -0.2) is 0 Å². The van der Waals surface area contributed by atoms with Gasteiger partial charge < -0.3 is 5.32 Å². The third-order valence-electron chi connectivity index (χ3n) is 3.68. The van der Waals surface area contributed by atoms with Crippen LogP contribution in [0.15, 0.2) is 53.6 Å². The van der Waals surface area contributed by atoms with Gasteiger partial charge in [0, 0.05) is 10.3 Å². The van der Waals surface area contributed by atoms with Gasteiger partial charge in [-0.3, -0.25) is 9.89 Å². The zero-order valence-corrected chi connectivity index (χ0v) is 13.3. The zero-order chi connectivity index (χ0) is 15.5. The molecule has 2 N–H and O–H groups in total. The third-order valence-corrected chi connectivity index (χ3v) is 4.43. The lowest BCUT2D eigenvalue weighted by Gasteiger charge is -2.15. The normalized spacial score (nSPS) is 12.3. The van der Waals surface area contributed by atoms with Crippen molar-refractivity contribution in [1.82, 2.24) is 15.5 Å². The number of nitrogens with zero attached hydrogens (tertiary/aromatic N) is 1. The summed E-state index contributed by atoms with van der Waals surface area (Å²) >= 11 is 1.70. The minimum atomic E-state index is -0.101. The molecule has 22 heavy (non-hydrogen) atoms. The highest BCUT2D eigenvalue weighted by Crippen LogP contribution is 2.20. The van der Waals surface area contributed by atoms with Gasteiger partial charge in [0.05, 0.1) is 23.3 Å². The van der Waals surface area contributed by atoms with Crippen molar-refractivity contribution in [2.45, 2.75) is 17.9 Å². The molecule has 0 unspecified atom stereocenters. The molecule has 0 bridgehead atoms. The van der Waals surface area contributed by atoms with E-state index in [4.69, 9.17) is 0 Å². The SMILES string of the molecule is CSc1ccc([C@@H](C)NC(=O)c2cccc3cn[nH]c23)cc1. The Hall–Kier alpha value is -2.27. The highest BCUT2D eigenvalue weighted by Gasteiger charge is 2.14. The maximum atomic E-state index is 12.5. The summed E-state index contributed by atoms with van der Waals surface area (Å²) in [6.45, 7) is 1.99. The van der Waals surface area contributed by atoms with E-state index in [9.17, 15) is 4.79 Å². The summed E-state index contributed by atoms with van der Waals surface area (Å²) in [4.78, 5) is 13.7. The second kappa shape index (κ2) is 6.23. The van der Waals surface area contributed by atoms with Gasteiger partial charge in [0.15, 0.2) is 0 Å². The summed E-state index contributed by atoms with van der Waals surface area (Å²) in [6.07, 6.45) is 3.77. The van der Waals surface area contributed by atoms with Crippen molar-refractivity contribution in [2.75, 3.05) is 6.26 Å². The first-order chi connectivity index (χ1) is 10.7. The van der Waals surface area contributed by atoms with Gasteiger partial charge in [-0.15, -0.1) is 11.8 Å². The van der Waals surface area contributed by atoms with E-state index >= 15 is 0 Å². The van der Waals surface area contributed by atoms with Crippen LogP contribution in [0.4, 0.5) is 0 Å². The summed E-state index contributed by atoms with van der Waals surface area (Å²) in [5.74, 6) is -0.101. The zero-order valence-electron chi connectivity index (χ0n) is 12.5. The molecule has 0 saturated carbocycles. The van der Waals surface area contributed by atoms with Crippen LogP contribution in [0.2, 0.25) is 0 Å². The standard InChI is InChI=1S/C17H17N3OS/c1-11(12-6-8-14(22-2)9-7-12)19-17(21)15-5-3-4-13-10-18-20-16(13)15/h3-11H,1-2H3,(H,18,20)(H,19,21)/t11-/m1/s1. The molecule has 5 heteroatoms. The molecule has 3 aromatic rings. The van der Waals surface area contributed by atoms with Crippen molar-refractivity contribution in [3.8, 4) is 0 Å². The van der Waals surface area contributed by atoms with E-state index in [0.717, 1.165) is 16.5 Å². The van der Waals surface area contributed by atoms with Crippen LogP contribution < -0.4 is 5.32 Å². The first kappa shape index (κ1) is 14.7. The Labute approximate surface area is 133 Å². The maximum absolute atomic E-state index is 12.5. The predicted octanol–water partition coefficient (Wildman–Crippen LogP) is 3.78. The monoisotopic (exact) mass is 311 g/mol. The Kier molecular flexibility index (Phi) is 4.15. The van der Waals surface area contributed by atoms with Crippen LogP contribution in [0.1, 0.15) is 28.9 Å². The number of rotatable bonds is 4. The average Bonchev–Trinajstić information content (AvgIpc) is 3.03. The smallest absolute Gasteiger partial charge is 0.253 e. The Bertz CT molecular complexity index is 795. The number of carbonyl (C=O) groups is 1. The predicted molar refractivity (Wildman–Crippen MR) is 90.2 cm³/mol. The maximum Gasteiger partial charge on any atom is 0.253 e. The van der Waals surface area contributed by atoms with Gasteiger partial charge in [-0.2, -0.15) is 5.10 Å². The molecule has 0 aliphatic heterocycles. The number of para-hydroxylation sites is 1. The fraction of sp³-hybridized carbons (Fsp3) is 0.176. The number of carbonyl (C=O) groups excluding carboxylic acids is 1. The van der Waals surface area contributed by atoms with Gasteiger partial charge in [-0.05, 0) is 36.9 Å². The lowest BCUT2D eigenvalue weighted by molar-refractivity contribution is 0.0941. The second-order valence-electron chi connectivity index (χ2n) is 5.11. The number of benzene rings is 2. The van der Waals surface area contributed by atoms with Crippen molar-refractivity contribution < 1.29 is 4.79 Å². The molecule has 0 fully saturated rings. The van der Waals surface area contributed by atoms with Crippen LogP contribution in [-0.4, -0.2) is 22.4 Å². The van der Waals surface area contributed by atoms with Crippen molar-refractivity contribution in [1.29, 1.82) is 0 Å².